The molecule has 0 fully saturated rings. The summed E-state index contributed by atoms with van der Waals surface area (Å²) in [6, 6.07) is 5.84. The van der Waals surface area contributed by atoms with E-state index in [-0.39, 0.29) is 5.78 Å². The van der Waals surface area contributed by atoms with Crippen molar-refractivity contribution >= 4 is 17.7 Å². The highest BCUT2D eigenvalue weighted by atomic mass is 16.1. The van der Waals surface area contributed by atoms with E-state index in [0.29, 0.717) is 6.54 Å². The third kappa shape index (κ3) is 0.923. The van der Waals surface area contributed by atoms with E-state index in [1.54, 1.807) is 0 Å². The number of rotatable bonds is 0. The largest absolute Gasteiger partial charge is 0.361 e. The molecular weight excluding hydrogens is 176 g/mol. The molecule has 0 atom stereocenters. The second-order valence-corrected chi connectivity index (χ2v) is 3.62. The lowest BCUT2D eigenvalue weighted by Gasteiger charge is -2.16. The molecule has 2 aliphatic rings. The summed E-state index contributed by atoms with van der Waals surface area (Å²) in [7, 11) is 0. The zero-order valence-corrected chi connectivity index (χ0v) is 7.73. The lowest BCUT2D eigenvalue weighted by atomic mass is 10.1. The van der Waals surface area contributed by atoms with Gasteiger partial charge < -0.3 is 4.90 Å². The fraction of sp³-hybridized carbons (Fsp3) is 0.273. The summed E-state index contributed by atoms with van der Waals surface area (Å²) in [5.74, 6) is 0.233. The maximum Gasteiger partial charge on any atom is 0.184 e. The van der Waals surface area contributed by atoms with Crippen molar-refractivity contribution in [1.82, 2.24) is 0 Å². The third-order valence-corrected chi connectivity index (χ3v) is 2.75. The van der Waals surface area contributed by atoms with Crippen molar-refractivity contribution in [2.24, 2.45) is 4.99 Å². The molecule has 0 saturated heterocycles. The van der Waals surface area contributed by atoms with Gasteiger partial charge in [0.25, 0.3) is 0 Å². The van der Waals surface area contributed by atoms with Gasteiger partial charge >= 0.3 is 0 Å². The van der Waals surface area contributed by atoms with Gasteiger partial charge in [-0.1, -0.05) is 12.1 Å². The molecule has 0 aliphatic carbocycles. The van der Waals surface area contributed by atoms with E-state index in [1.807, 2.05) is 24.4 Å². The normalized spacial score (nSPS) is 18.3. The molecule has 14 heavy (non-hydrogen) atoms. The fourth-order valence-corrected chi connectivity index (χ4v) is 2.11. The SMILES string of the molecule is O=C1CN2CCN=Cc3cccc1c32. The third-order valence-electron chi connectivity index (χ3n) is 2.75. The molecule has 0 aromatic heterocycles. The summed E-state index contributed by atoms with van der Waals surface area (Å²) in [4.78, 5) is 18.1. The highest BCUT2D eigenvalue weighted by Crippen LogP contribution is 2.31. The predicted molar refractivity (Wildman–Crippen MR) is 55.4 cm³/mol. The van der Waals surface area contributed by atoms with Crippen molar-refractivity contribution in [2.75, 3.05) is 24.5 Å². The van der Waals surface area contributed by atoms with Crippen LogP contribution in [0.1, 0.15) is 15.9 Å². The lowest BCUT2D eigenvalue weighted by molar-refractivity contribution is 0.101. The summed E-state index contributed by atoms with van der Waals surface area (Å²) in [6.45, 7) is 2.16. The average molecular weight is 186 g/mol. The fourth-order valence-electron chi connectivity index (χ4n) is 2.11. The minimum atomic E-state index is 0.233. The number of aliphatic imine (C=N–C) groups is 1. The van der Waals surface area contributed by atoms with E-state index in [1.165, 1.54) is 0 Å². The van der Waals surface area contributed by atoms with Gasteiger partial charge in [0, 0.05) is 23.9 Å². The number of benzene rings is 1. The number of anilines is 1. The number of carbonyl (C=O) groups is 1. The molecule has 2 aliphatic heterocycles. The van der Waals surface area contributed by atoms with Crippen LogP contribution in [-0.4, -0.2) is 31.6 Å². The van der Waals surface area contributed by atoms with Crippen LogP contribution in [0.15, 0.2) is 23.2 Å². The van der Waals surface area contributed by atoms with Crippen molar-refractivity contribution < 1.29 is 4.79 Å². The number of hydrogen-bond acceptors (Lipinski definition) is 3. The van der Waals surface area contributed by atoms with Gasteiger partial charge in [0.05, 0.1) is 18.8 Å². The minimum Gasteiger partial charge on any atom is -0.361 e. The smallest absolute Gasteiger partial charge is 0.184 e. The van der Waals surface area contributed by atoms with Gasteiger partial charge in [-0.05, 0) is 6.07 Å². The van der Waals surface area contributed by atoms with E-state index >= 15 is 0 Å². The molecule has 2 heterocycles. The zero-order valence-electron chi connectivity index (χ0n) is 7.73. The number of Topliss-reactive ketones (excluding diaryl/α,β-unsaturated/α-hetero) is 1. The first-order chi connectivity index (χ1) is 6.86. The summed E-state index contributed by atoms with van der Waals surface area (Å²) in [6.07, 6.45) is 1.87. The van der Waals surface area contributed by atoms with Crippen LogP contribution in [0.4, 0.5) is 5.69 Å². The molecule has 0 saturated carbocycles. The second kappa shape index (κ2) is 2.67. The quantitative estimate of drug-likeness (QED) is 0.608. The van der Waals surface area contributed by atoms with Gasteiger partial charge in [-0.2, -0.15) is 0 Å². The summed E-state index contributed by atoms with van der Waals surface area (Å²) in [5, 5.41) is 0. The Morgan fingerprint density at radius 2 is 2.29 bits per heavy atom. The van der Waals surface area contributed by atoms with E-state index in [9.17, 15) is 4.79 Å². The van der Waals surface area contributed by atoms with Gasteiger partial charge in [-0.25, -0.2) is 0 Å². The first-order valence-corrected chi connectivity index (χ1v) is 4.77. The minimum absolute atomic E-state index is 0.233. The topological polar surface area (TPSA) is 32.7 Å². The van der Waals surface area contributed by atoms with Gasteiger partial charge in [0.2, 0.25) is 0 Å². The molecule has 0 amide bonds. The standard InChI is InChI=1S/C11H10N2O/c14-10-7-13-5-4-12-6-8-2-1-3-9(10)11(8)13/h1-3,6H,4-5,7H2. The number of nitrogens with zero attached hydrogens (tertiary/aromatic N) is 2. The van der Waals surface area contributed by atoms with Crippen LogP contribution in [0.25, 0.3) is 0 Å². The monoisotopic (exact) mass is 186 g/mol. The molecule has 0 N–H and O–H groups in total. The van der Waals surface area contributed by atoms with Gasteiger partial charge in [-0.15, -0.1) is 0 Å². The summed E-state index contributed by atoms with van der Waals surface area (Å²) >= 11 is 0. The molecule has 0 radical (unpaired) electrons. The van der Waals surface area contributed by atoms with Crippen LogP contribution in [-0.2, 0) is 0 Å². The van der Waals surface area contributed by atoms with Crippen molar-refractivity contribution in [3.05, 3.63) is 29.3 Å². The van der Waals surface area contributed by atoms with Gasteiger partial charge in [0.15, 0.2) is 5.78 Å². The zero-order chi connectivity index (χ0) is 9.54. The van der Waals surface area contributed by atoms with Crippen molar-refractivity contribution in [3.8, 4) is 0 Å². The molecule has 1 aromatic rings. The van der Waals surface area contributed by atoms with Crippen molar-refractivity contribution in [2.45, 2.75) is 0 Å². The maximum absolute atomic E-state index is 11.6. The van der Waals surface area contributed by atoms with Crippen LogP contribution in [0.3, 0.4) is 0 Å². The molecule has 0 bridgehead atoms. The van der Waals surface area contributed by atoms with Crippen molar-refractivity contribution in [1.29, 1.82) is 0 Å². The first kappa shape index (κ1) is 7.74. The maximum atomic E-state index is 11.6. The average Bonchev–Trinajstić information content (AvgIpc) is 2.41. The Hall–Kier alpha value is -1.64. The molecule has 3 rings (SSSR count). The van der Waals surface area contributed by atoms with E-state index in [4.69, 9.17) is 0 Å². The Morgan fingerprint density at radius 3 is 3.21 bits per heavy atom. The van der Waals surface area contributed by atoms with Crippen LogP contribution in [0.5, 0.6) is 0 Å². The highest BCUT2D eigenvalue weighted by Gasteiger charge is 2.28. The Bertz CT molecular complexity index is 437. The second-order valence-electron chi connectivity index (χ2n) is 3.62. The van der Waals surface area contributed by atoms with Crippen LogP contribution < -0.4 is 4.90 Å². The van der Waals surface area contributed by atoms with E-state index in [0.717, 1.165) is 29.9 Å². The predicted octanol–water partition coefficient (Wildman–Crippen LogP) is 1.12. The molecule has 3 nitrogen and oxygen atoms in total. The molecule has 1 aromatic carbocycles. The Balaban J connectivity index is 2.28. The number of ketones is 1. The number of carbonyl (C=O) groups excluding carboxylic acids is 1. The molecule has 3 heteroatoms. The Morgan fingerprint density at radius 1 is 1.36 bits per heavy atom. The Labute approximate surface area is 82.1 Å². The molecule has 70 valence electrons. The Kier molecular flexibility index (Phi) is 1.48. The summed E-state index contributed by atoms with van der Waals surface area (Å²) < 4.78 is 0. The van der Waals surface area contributed by atoms with Gasteiger partial charge in [-0.3, -0.25) is 9.79 Å². The molecule has 0 unspecified atom stereocenters. The lowest BCUT2D eigenvalue weighted by Crippen LogP contribution is -2.25. The highest BCUT2D eigenvalue weighted by molar-refractivity contribution is 6.12. The first-order valence-electron chi connectivity index (χ1n) is 4.77. The van der Waals surface area contributed by atoms with E-state index in [2.05, 4.69) is 9.89 Å². The van der Waals surface area contributed by atoms with Gasteiger partial charge in [0.1, 0.15) is 0 Å². The molecular formula is C11H10N2O. The van der Waals surface area contributed by atoms with Crippen LogP contribution >= 0.6 is 0 Å². The summed E-state index contributed by atoms with van der Waals surface area (Å²) in [5.41, 5.74) is 3.01. The van der Waals surface area contributed by atoms with Crippen molar-refractivity contribution in [3.63, 3.8) is 0 Å². The van der Waals surface area contributed by atoms with Crippen LogP contribution in [0.2, 0.25) is 0 Å². The number of para-hydroxylation sites is 1. The molecule has 0 spiro atoms. The van der Waals surface area contributed by atoms with E-state index < -0.39 is 0 Å². The number of hydrogen-bond donors (Lipinski definition) is 0. The van der Waals surface area contributed by atoms with Crippen LogP contribution in [0, 0.1) is 0 Å².